The monoisotopic (exact) mass is 413 g/mol. The molecule has 2 aromatic heterocycles. The number of aromatic nitrogens is 2. The molecule has 134 valence electrons. The van der Waals surface area contributed by atoms with Gasteiger partial charge in [-0.25, -0.2) is 9.78 Å². The first-order valence-corrected chi connectivity index (χ1v) is 9.07. The number of nitrogens with zero attached hydrogens (tertiary/aromatic N) is 3. The van der Waals surface area contributed by atoms with Crippen LogP contribution in [0, 0.1) is 0 Å². The fraction of sp³-hybridized carbons (Fsp3) is 0.250. The van der Waals surface area contributed by atoms with Gasteiger partial charge in [-0.2, -0.15) is 0 Å². The second-order valence-corrected chi connectivity index (χ2v) is 7.27. The van der Waals surface area contributed by atoms with Crippen molar-refractivity contribution < 1.29 is 9.53 Å². The van der Waals surface area contributed by atoms with E-state index < -0.39 is 0 Å². The summed E-state index contributed by atoms with van der Waals surface area (Å²) in [5.74, 6) is -0.356. The number of ether oxygens (including phenoxy) is 1. The average molecular weight is 414 g/mol. The van der Waals surface area contributed by atoms with Gasteiger partial charge >= 0.3 is 5.97 Å². The summed E-state index contributed by atoms with van der Waals surface area (Å²) in [5.41, 5.74) is 4.09. The van der Waals surface area contributed by atoms with Crippen LogP contribution in [0.1, 0.15) is 24.2 Å². The molecule has 3 aromatic rings. The van der Waals surface area contributed by atoms with E-state index >= 15 is 0 Å². The molecule has 0 radical (unpaired) electrons. The maximum absolute atomic E-state index is 11.8. The summed E-state index contributed by atoms with van der Waals surface area (Å²) in [6, 6.07) is 9.74. The molecule has 0 saturated carbocycles. The van der Waals surface area contributed by atoms with Crippen LogP contribution in [0.15, 0.2) is 47.2 Å². The Morgan fingerprint density at radius 1 is 1.19 bits per heavy atom. The molecule has 0 fully saturated rings. The van der Waals surface area contributed by atoms with Crippen molar-refractivity contribution in [3.8, 4) is 11.3 Å². The van der Waals surface area contributed by atoms with Gasteiger partial charge in [0, 0.05) is 40.9 Å². The Morgan fingerprint density at radius 2 is 1.96 bits per heavy atom. The van der Waals surface area contributed by atoms with Gasteiger partial charge in [-0.1, -0.05) is 0 Å². The van der Waals surface area contributed by atoms with Crippen LogP contribution in [0.2, 0.25) is 0 Å². The average Bonchev–Trinajstić information content (AvgIpc) is 2.65. The number of pyridine rings is 2. The van der Waals surface area contributed by atoms with Crippen molar-refractivity contribution in [2.24, 2.45) is 0 Å². The minimum absolute atomic E-state index is 0.289. The van der Waals surface area contributed by atoms with Crippen LogP contribution >= 0.6 is 15.9 Å². The number of anilines is 1. The predicted octanol–water partition coefficient (Wildman–Crippen LogP) is 4.69. The summed E-state index contributed by atoms with van der Waals surface area (Å²) in [6.07, 6.45) is 3.55. The Balaban J connectivity index is 2.25. The minimum atomic E-state index is -0.356. The van der Waals surface area contributed by atoms with Gasteiger partial charge in [0.05, 0.1) is 29.6 Å². The van der Waals surface area contributed by atoms with Gasteiger partial charge < -0.3 is 9.64 Å². The lowest BCUT2D eigenvalue weighted by molar-refractivity contribution is 0.0601. The number of methoxy groups -OCH3 is 1. The first-order chi connectivity index (χ1) is 12.4. The number of halogens is 1. The van der Waals surface area contributed by atoms with E-state index in [1.165, 1.54) is 7.11 Å². The highest BCUT2D eigenvalue weighted by Crippen LogP contribution is 2.33. The molecule has 1 aromatic carbocycles. The van der Waals surface area contributed by atoms with Gasteiger partial charge in [0.1, 0.15) is 0 Å². The summed E-state index contributed by atoms with van der Waals surface area (Å²) >= 11 is 3.48. The van der Waals surface area contributed by atoms with Crippen LogP contribution in [-0.2, 0) is 4.74 Å². The van der Waals surface area contributed by atoms with E-state index in [0.717, 1.165) is 32.3 Å². The van der Waals surface area contributed by atoms with Crippen molar-refractivity contribution in [3.63, 3.8) is 0 Å². The Kier molecular flexibility index (Phi) is 5.23. The number of carbonyl (C=O) groups is 1. The third-order valence-electron chi connectivity index (χ3n) is 4.35. The van der Waals surface area contributed by atoms with Gasteiger partial charge in [0.2, 0.25) is 0 Å². The zero-order chi connectivity index (χ0) is 18.8. The highest BCUT2D eigenvalue weighted by molar-refractivity contribution is 9.10. The maximum Gasteiger partial charge on any atom is 0.337 e. The van der Waals surface area contributed by atoms with Gasteiger partial charge in [0.25, 0.3) is 0 Å². The molecule has 6 heteroatoms. The Hall–Kier alpha value is -2.47. The second kappa shape index (κ2) is 7.41. The fourth-order valence-electron chi connectivity index (χ4n) is 2.71. The minimum Gasteiger partial charge on any atom is -0.465 e. The van der Waals surface area contributed by atoms with Crippen LogP contribution in [-0.4, -0.2) is 36.1 Å². The molecule has 0 unspecified atom stereocenters. The van der Waals surface area contributed by atoms with Crippen molar-refractivity contribution in [2.45, 2.75) is 19.9 Å². The zero-order valence-corrected chi connectivity index (χ0v) is 16.7. The molecular formula is C20H20BrN3O2. The molecule has 5 nitrogen and oxygen atoms in total. The molecule has 0 atom stereocenters. The molecule has 0 saturated heterocycles. The van der Waals surface area contributed by atoms with E-state index in [9.17, 15) is 4.79 Å². The van der Waals surface area contributed by atoms with Crippen molar-refractivity contribution >= 4 is 38.5 Å². The van der Waals surface area contributed by atoms with Crippen molar-refractivity contribution in [1.29, 1.82) is 0 Å². The second-order valence-electron chi connectivity index (χ2n) is 6.35. The van der Waals surface area contributed by atoms with Gasteiger partial charge in [-0.05, 0) is 60.1 Å². The number of hydrogen-bond acceptors (Lipinski definition) is 5. The highest BCUT2D eigenvalue weighted by atomic mass is 79.9. The van der Waals surface area contributed by atoms with Crippen LogP contribution < -0.4 is 4.90 Å². The number of fused-ring (bicyclic) bond motifs is 1. The topological polar surface area (TPSA) is 55.3 Å². The lowest BCUT2D eigenvalue weighted by Gasteiger charge is -2.26. The normalized spacial score (nSPS) is 11.0. The quantitative estimate of drug-likeness (QED) is 0.580. The number of hydrogen-bond donors (Lipinski definition) is 0. The summed E-state index contributed by atoms with van der Waals surface area (Å²) in [5, 5.41) is 0.891. The third-order valence-corrected chi connectivity index (χ3v) is 4.78. The molecule has 3 rings (SSSR count). The first kappa shape index (κ1) is 18.3. The summed E-state index contributed by atoms with van der Waals surface area (Å²) in [6.45, 7) is 4.25. The van der Waals surface area contributed by atoms with Gasteiger partial charge in [0.15, 0.2) is 0 Å². The van der Waals surface area contributed by atoms with Crippen LogP contribution in [0.4, 0.5) is 5.69 Å². The molecule has 0 bridgehead atoms. The molecular weight excluding hydrogens is 394 g/mol. The lowest BCUT2D eigenvalue weighted by Crippen LogP contribution is -2.26. The SMILES string of the molecule is COC(=O)c1ccc2nc(-c3cncc(Br)c3)c(N(C)C(C)C)cc2c1. The molecule has 0 aliphatic heterocycles. The largest absolute Gasteiger partial charge is 0.465 e. The first-order valence-electron chi connectivity index (χ1n) is 8.27. The van der Waals surface area contributed by atoms with E-state index in [2.05, 4.69) is 45.7 Å². The van der Waals surface area contributed by atoms with E-state index in [1.54, 1.807) is 18.5 Å². The van der Waals surface area contributed by atoms with Crippen LogP contribution in [0.25, 0.3) is 22.2 Å². The molecule has 26 heavy (non-hydrogen) atoms. The predicted molar refractivity (Wildman–Crippen MR) is 108 cm³/mol. The number of carbonyl (C=O) groups excluding carboxylic acids is 1. The third kappa shape index (κ3) is 3.55. The van der Waals surface area contributed by atoms with Gasteiger partial charge in [-0.15, -0.1) is 0 Å². The standard InChI is InChI=1S/C20H20BrN3O2/c1-12(2)24(3)18-9-14-7-13(20(25)26-4)5-6-17(14)23-19(18)15-8-16(21)11-22-10-15/h5-12H,1-4H3. The molecule has 0 N–H and O–H groups in total. The fourth-order valence-corrected chi connectivity index (χ4v) is 3.08. The molecule has 0 aliphatic carbocycles. The summed E-state index contributed by atoms with van der Waals surface area (Å²) in [7, 11) is 3.42. The smallest absolute Gasteiger partial charge is 0.337 e. The van der Waals surface area contributed by atoms with Crippen molar-refractivity contribution in [1.82, 2.24) is 9.97 Å². The summed E-state index contributed by atoms with van der Waals surface area (Å²) < 4.78 is 5.72. The number of esters is 1. The zero-order valence-electron chi connectivity index (χ0n) is 15.2. The molecule has 0 amide bonds. The lowest BCUT2D eigenvalue weighted by atomic mass is 10.1. The highest BCUT2D eigenvalue weighted by Gasteiger charge is 2.16. The Morgan fingerprint density at radius 3 is 2.62 bits per heavy atom. The Bertz CT molecular complexity index is 972. The van der Waals surface area contributed by atoms with Crippen LogP contribution in [0.3, 0.4) is 0 Å². The van der Waals surface area contributed by atoms with Crippen molar-refractivity contribution in [2.75, 3.05) is 19.1 Å². The number of rotatable bonds is 4. The maximum atomic E-state index is 11.8. The van der Waals surface area contributed by atoms with Gasteiger partial charge in [-0.3, -0.25) is 4.98 Å². The van der Waals surface area contributed by atoms with E-state index in [4.69, 9.17) is 9.72 Å². The molecule has 0 aliphatic rings. The summed E-state index contributed by atoms with van der Waals surface area (Å²) in [4.78, 5) is 23.1. The Labute approximate surface area is 161 Å². The molecule has 2 heterocycles. The van der Waals surface area contributed by atoms with Crippen LogP contribution in [0.5, 0.6) is 0 Å². The van der Waals surface area contributed by atoms with E-state index in [-0.39, 0.29) is 12.0 Å². The van der Waals surface area contributed by atoms with Crippen molar-refractivity contribution in [3.05, 3.63) is 52.8 Å². The van der Waals surface area contributed by atoms with E-state index in [1.807, 2.05) is 25.2 Å². The van der Waals surface area contributed by atoms with E-state index in [0.29, 0.717) is 5.56 Å². The molecule has 0 spiro atoms. The number of benzene rings is 1.